The zero-order valence-electron chi connectivity index (χ0n) is 9.84. The third-order valence-electron chi connectivity index (χ3n) is 3.28. The molecule has 0 saturated carbocycles. The Morgan fingerprint density at radius 2 is 2.06 bits per heavy atom. The molecule has 0 aliphatic carbocycles. The maximum atomic E-state index is 11.7. The van der Waals surface area contributed by atoms with E-state index in [4.69, 9.17) is 5.11 Å². The number of rotatable bonds is 3. The second-order valence-electron chi connectivity index (χ2n) is 4.16. The van der Waals surface area contributed by atoms with Crippen LogP contribution in [0.3, 0.4) is 0 Å². The van der Waals surface area contributed by atoms with Crippen molar-refractivity contribution in [2.75, 3.05) is 0 Å². The van der Waals surface area contributed by atoms with E-state index in [2.05, 4.69) is 0 Å². The summed E-state index contributed by atoms with van der Waals surface area (Å²) >= 11 is 2.28. The van der Waals surface area contributed by atoms with Crippen molar-refractivity contribution in [3.8, 4) is 0 Å². The molecule has 2 unspecified atom stereocenters. The minimum absolute atomic E-state index is 0.151. The van der Waals surface area contributed by atoms with E-state index in [0.29, 0.717) is 10.5 Å². The molecule has 0 spiro atoms. The van der Waals surface area contributed by atoms with Gasteiger partial charge in [0.05, 0.1) is 4.91 Å². The van der Waals surface area contributed by atoms with Gasteiger partial charge in [0.15, 0.2) is 4.75 Å². The van der Waals surface area contributed by atoms with E-state index < -0.39 is 16.7 Å². The van der Waals surface area contributed by atoms with Crippen LogP contribution in [-0.4, -0.2) is 22.2 Å². The monoisotopic (exact) mass is 284 g/mol. The average molecular weight is 284 g/mol. The molecule has 6 heteroatoms. The summed E-state index contributed by atoms with van der Waals surface area (Å²) in [4.78, 5) is 23.7. The van der Waals surface area contributed by atoms with E-state index in [1.165, 1.54) is 11.3 Å². The molecule has 2 N–H and O–H groups in total. The van der Waals surface area contributed by atoms with Crippen molar-refractivity contribution in [2.45, 2.75) is 18.6 Å². The van der Waals surface area contributed by atoms with Gasteiger partial charge in [0.1, 0.15) is 0 Å². The molecule has 2 atom stereocenters. The van der Waals surface area contributed by atoms with Crippen LogP contribution in [0.1, 0.15) is 18.7 Å². The molecule has 1 aromatic heterocycles. The van der Waals surface area contributed by atoms with Crippen molar-refractivity contribution >= 4 is 35.0 Å². The third kappa shape index (κ3) is 1.67. The van der Waals surface area contributed by atoms with Crippen molar-refractivity contribution < 1.29 is 19.8 Å². The van der Waals surface area contributed by atoms with Gasteiger partial charge in [0.2, 0.25) is 0 Å². The van der Waals surface area contributed by atoms with Crippen molar-refractivity contribution in [3.05, 3.63) is 32.9 Å². The average Bonchev–Trinajstić information content (AvgIpc) is 2.88. The summed E-state index contributed by atoms with van der Waals surface area (Å²) in [7, 11) is 0. The summed E-state index contributed by atoms with van der Waals surface area (Å²) in [6.45, 7) is 3.46. The lowest BCUT2D eigenvalue weighted by molar-refractivity contribution is -0.141. The number of carboxylic acid groups (broad SMARTS) is 2. The van der Waals surface area contributed by atoms with Gasteiger partial charge in [0, 0.05) is 10.8 Å². The zero-order chi connectivity index (χ0) is 13.5. The Labute approximate surface area is 112 Å². The number of thiophene rings is 1. The van der Waals surface area contributed by atoms with Gasteiger partial charge in [-0.05, 0) is 23.9 Å². The Balaban J connectivity index is 2.55. The first-order chi connectivity index (χ1) is 8.41. The van der Waals surface area contributed by atoms with Crippen LogP contribution in [-0.2, 0) is 14.3 Å². The molecule has 1 aromatic rings. The Morgan fingerprint density at radius 1 is 1.39 bits per heavy atom. The normalized spacial score (nSPS) is 27.6. The van der Waals surface area contributed by atoms with Crippen molar-refractivity contribution in [2.24, 2.45) is 5.92 Å². The molecule has 1 aliphatic rings. The van der Waals surface area contributed by atoms with E-state index >= 15 is 0 Å². The fourth-order valence-electron chi connectivity index (χ4n) is 2.13. The molecule has 0 bridgehead atoms. The maximum absolute atomic E-state index is 11.7. The summed E-state index contributed by atoms with van der Waals surface area (Å²) in [6, 6.07) is 3.53. The second kappa shape index (κ2) is 4.44. The van der Waals surface area contributed by atoms with Gasteiger partial charge in [-0.1, -0.05) is 24.8 Å². The van der Waals surface area contributed by atoms with E-state index in [1.807, 2.05) is 0 Å². The maximum Gasteiger partial charge on any atom is 0.342 e. The second-order valence-corrected chi connectivity index (χ2v) is 6.36. The standard InChI is InChI=1S/C12H12O4S2/c1-6-7(2)12(11(15)16,8-4-3-5-17-8)18-9(6)10(13)14/h3-5,7H,1-2H3,(H,13,14)(H,15,16). The number of thioether (sulfide) groups is 1. The van der Waals surface area contributed by atoms with E-state index in [0.717, 1.165) is 11.8 Å². The first kappa shape index (κ1) is 13.2. The van der Waals surface area contributed by atoms with Crippen LogP contribution in [0.2, 0.25) is 0 Å². The number of carbonyl (C=O) groups is 2. The molecule has 18 heavy (non-hydrogen) atoms. The molecular weight excluding hydrogens is 272 g/mol. The van der Waals surface area contributed by atoms with Crippen LogP contribution in [0.5, 0.6) is 0 Å². The molecule has 0 radical (unpaired) electrons. The highest BCUT2D eigenvalue weighted by molar-refractivity contribution is 8.06. The highest BCUT2D eigenvalue weighted by Gasteiger charge is 2.54. The van der Waals surface area contributed by atoms with Crippen LogP contribution in [0.25, 0.3) is 0 Å². The molecule has 1 aliphatic heterocycles. The summed E-state index contributed by atoms with van der Waals surface area (Å²) in [5.41, 5.74) is 0.628. The van der Waals surface area contributed by atoms with Gasteiger partial charge in [-0.2, -0.15) is 0 Å². The Hall–Kier alpha value is -1.27. The van der Waals surface area contributed by atoms with Crippen LogP contribution in [0.15, 0.2) is 28.0 Å². The summed E-state index contributed by atoms with van der Waals surface area (Å²) in [5.74, 6) is -2.38. The first-order valence-electron chi connectivity index (χ1n) is 5.31. The number of hydrogen-bond acceptors (Lipinski definition) is 4. The smallest absolute Gasteiger partial charge is 0.342 e. The fourth-order valence-corrected chi connectivity index (χ4v) is 4.66. The van der Waals surface area contributed by atoms with Gasteiger partial charge < -0.3 is 10.2 Å². The van der Waals surface area contributed by atoms with Crippen LogP contribution in [0.4, 0.5) is 0 Å². The first-order valence-corrected chi connectivity index (χ1v) is 7.01. The number of aliphatic carboxylic acids is 2. The highest BCUT2D eigenvalue weighted by atomic mass is 32.2. The molecule has 0 fully saturated rings. The summed E-state index contributed by atoms with van der Waals surface area (Å²) in [5, 5.41) is 20.5. The topological polar surface area (TPSA) is 74.6 Å². The van der Waals surface area contributed by atoms with Gasteiger partial charge in [-0.3, -0.25) is 4.79 Å². The largest absolute Gasteiger partial charge is 0.480 e. The predicted octanol–water partition coefficient (Wildman–Crippen LogP) is 2.77. The molecule has 0 aromatic carbocycles. The van der Waals surface area contributed by atoms with Crippen LogP contribution in [0, 0.1) is 5.92 Å². The summed E-state index contributed by atoms with van der Waals surface area (Å²) in [6.07, 6.45) is 0. The van der Waals surface area contributed by atoms with Gasteiger partial charge >= 0.3 is 11.9 Å². The number of hydrogen-bond donors (Lipinski definition) is 2. The lowest BCUT2D eigenvalue weighted by atomic mass is 9.86. The van der Waals surface area contributed by atoms with Gasteiger partial charge in [-0.15, -0.1) is 11.3 Å². The van der Waals surface area contributed by atoms with Gasteiger partial charge in [-0.25, -0.2) is 4.79 Å². The number of allylic oxidation sites excluding steroid dienone is 1. The molecule has 2 heterocycles. The Bertz CT molecular complexity index is 532. The minimum atomic E-state index is -1.20. The van der Waals surface area contributed by atoms with Crippen LogP contribution < -0.4 is 0 Å². The summed E-state index contributed by atoms with van der Waals surface area (Å²) < 4.78 is -1.20. The van der Waals surface area contributed by atoms with E-state index in [-0.39, 0.29) is 10.8 Å². The Kier molecular flexibility index (Phi) is 3.25. The molecule has 2 rings (SSSR count). The Morgan fingerprint density at radius 3 is 2.44 bits per heavy atom. The van der Waals surface area contributed by atoms with E-state index in [9.17, 15) is 14.7 Å². The lowest BCUT2D eigenvalue weighted by Crippen LogP contribution is -2.35. The molecule has 0 saturated heterocycles. The van der Waals surface area contributed by atoms with Crippen molar-refractivity contribution in [1.29, 1.82) is 0 Å². The van der Waals surface area contributed by atoms with Gasteiger partial charge in [0.25, 0.3) is 0 Å². The molecular formula is C12H12O4S2. The molecule has 0 amide bonds. The SMILES string of the molecule is CC1=C(C(=O)O)SC(C(=O)O)(c2cccs2)C1C. The molecule has 96 valence electrons. The quantitative estimate of drug-likeness (QED) is 0.892. The minimum Gasteiger partial charge on any atom is -0.480 e. The van der Waals surface area contributed by atoms with Crippen LogP contribution >= 0.6 is 23.1 Å². The van der Waals surface area contributed by atoms with E-state index in [1.54, 1.807) is 31.4 Å². The predicted molar refractivity (Wildman–Crippen MR) is 70.7 cm³/mol. The van der Waals surface area contributed by atoms with Crippen molar-refractivity contribution in [3.63, 3.8) is 0 Å². The third-order valence-corrected chi connectivity index (χ3v) is 6.18. The lowest BCUT2D eigenvalue weighted by Gasteiger charge is -2.28. The fraction of sp³-hybridized carbons (Fsp3) is 0.333. The highest BCUT2D eigenvalue weighted by Crippen LogP contribution is 2.57. The number of carboxylic acids is 2. The van der Waals surface area contributed by atoms with Crippen molar-refractivity contribution in [1.82, 2.24) is 0 Å². The molecule has 4 nitrogen and oxygen atoms in total. The zero-order valence-corrected chi connectivity index (χ0v) is 11.5.